The van der Waals surface area contributed by atoms with Crippen LogP contribution in [0, 0.1) is 0 Å². The van der Waals surface area contributed by atoms with Gasteiger partial charge in [-0.2, -0.15) is 0 Å². The Balaban J connectivity index is 1.81. The molecule has 5 heteroatoms. The summed E-state index contributed by atoms with van der Waals surface area (Å²) in [6.07, 6.45) is 6.70. The van der Waals surface area contributed by atoms with Crippen molar-refractivity contribution < 1.29 is 14.7 Å². The molecule has 2 aliphatic rings. The van der Waals surface area contributed by atoms with Crippen molar-refractivity contribution in [3.05, 3.63) is 48.6 Å². The van der Waals surface area contributed by atoms with Crippen LogP contribution in [0.3, 0.4) is 0 Å². The molecule has 27 heavy (non-hydrogen) atoms. The minimum atomic E-state index is -0.661. The first-order valence-electron chi connectivity index (χ1n) is 10.0. The second-order valence-electron chi connectivity index (χ2n) is 7.76. The van der Waals surface area contributed by atoms with E-state index in [9.17, 15) is 14.7 Å². The number of hydrogen-bond donors (Lipinski definition) is 2. The van der Waals surface area contributed by atoms with Gasteiger partial charge in [0.25, 0.3) is 0 Å². The number of nitrogens with zero attached hydrogens (tertiary/aromatic N) is 1. The van der Waals surface area contributed by atoms with Crippen LogP contribution in [0.1, 0.15) is 50.5 Å². The summed E-state index contributed by atoms with van der Waals surface area (Å²) in [6.45, 7) is 4.62. The van der Waals surface area contributed by atoms with Crippen LogP contribution in [-0.2, 0) is 15.0 Å². The van der Waals surface area contributed by atoms with Gasteiger partial charge in [-0.3, -0.25) is 9.59 Å². The molecule has 0 bridgehead atoms. The Morgan fingerprint density at radius 3 is 2.44 bits per heavy atom. The number of aliphatic hydroxyl groups excluding tert-OH is 1. The molecule has 0 unspecified atom stereocenters. The van der Waals surface area contributed by atoms with Crippen molar-refractivity contribution in [2.45, 2.75) is 62.5 Å². The average molecular weight is 370 g/mol. The van der Waals surface area contributed by atoms with E-state index in [1.165, 1.54) is 6.08 Å². The van der Waals surface area contributed by atoms with Gasteiger partial charge in [-0.05, 0) is 37.3 Å². The van der Waals surface area contributed by atoms with Crippen molar-refractivity contribution >= 4 is 11.8 Å². The zero-order chi connectivity index (χ0) is 19.3. The number of amides is 2. The number of likely N-dealkylation sites (tertiary alicyclic amines) is 1. The lowest BCUT2D eigenvalue weighted by atomic mass is 9.71. The number of carbonyl (C=O) groups is 2. The van der Waals surface area contributed by atoms with Crippen molar-refractivity contribution in [1.29, 1.82) is 0 Å². The number of carbonyl (C=O) groups excluding carboxylic acids is 2. The Morgan fingerprint density at radius 2 is 1.78 bits per heavy atom. The van der Waals surface area contributed by atoms with E-state index in [1.54, 1.807) is 4.90 Å². The molecular weight excluding hydrogens is 340 g/mol. The zero-order valence-electron chi connectivity index (χ0n) is 15.9. The molecule has 2 atom stereocenters. The second kappa shape index (κ2) is 8.70. The van der Waals surface area contributed by atoms with Crippen molar-refractivity contribution in [2.75, 3.05) is 13.1 Å². The molecule has 1 aromatic carbocycles. The highest BCUT2D eigenvalue weighted by atomic mass is 16.3. The molecule has 2 fully saturated rings. The minimum Gasteiger partial charge on any atom is -0.391 e. The quantitative estimate of drug-likeness (QED) is 0.632. The van der Waals surface area contributed by atoms with Crippen LogP contribution < -0.4 is 5.32 Å². The number of piperidine rings is 1. The van der Waals surface area contributed by atoms with Gasteiger partial charge < -0.3 is 15.3 Å². The molecule has 2 amide bonds. The predicted octanol–water partition coefficient (Wildman–Crippen LogP) is 2.54. The monoisotopic (exact) mass is 370 g/mol. The van der Waals surface area contributed by atoms with E-state index in [0.717, 1.165) is 37.7 Å². The molecule has 5 nitrogen and oxygen atoms in total. The maximum absolute atomic E-state index is 13.4. The molecule has 2 N–H and O–H groups in total. The standard InChI is InChI=1S/C22H30N2O3/c1-2-20(26)24-15-13-22(14-16-24,17-9-5-3-6-10-17)21(27)23-18-11-7-4-8-12-19(18)25/h2-3,5-6,9-10,18-19,25H,1,4,7-8,11-16H2,(H,23,27)/t18-,19-/m1/s1. The summed E-state index contributed by atoms with van der Waals surface area (Å²) >= 11 is 0. The second-order valence-corrected chi connectivity index (χ2v) is 7.76. The fourth-order valence-electron chi connectivity index (χ4n) is 4.40. The summed E-state index contributed by atoms with van der Waals surface area (Å²) in [5.41, 5.74) is 0.321. The third kappa shape index (κ3) is 4.24. The van der Waals surface area contributed by atoms with Gasteiger partial charge in [0.1, 0.15) is 0 Å². The molecule has 1 aromatic rings. The van der Waals surface area contributed by atoms with E-state index in [4.69, 9.17) is 0 Å². The Bertz CT molecular complexity index is 665. The Kier molecular flexibility index (Phi) is 6.32. The van der Waals surface area contributed by atoms with Gasteiger partial charge in [-0.15, -0.1) is 0 Å². The fraction of sp³-hybridized carbons (Fsp3) is 0.545. The van der Waals surface area contributed by atoms with Crippen LogP contribution in [0.15, 0.2) is 43.0 Å². The van der Waals surface area contributed by atoms with Gasteiger partial charge >= 0.3 is 0 Å². The molecule has 1 heterocycles. The summed E-state index contributed by atoms with van der Waals surface area (Å²) in [4.78, 5) is 27.2. The number of nitrogens with one attached hydrogen (secondary N) is 1. The molecule has 1 saturated heterocycles. The summed E-state index contributed by atoms with van der Waals surface area (Å²) in [7, 11) is 0. The lowest BCUT2D eigenvalue weighted by Gasteiger charge is -2.41. The van der Waals surface area contributed by atoms with Gasteiger partial charge in [0, 0.05) is 13.1 Å². The molecule has 0 aromatic heterocycles. The van der Waals surface area contributed by atoms with Crippen LogP contribution in [-0.4, -0.2) is 47.1 Å². The molecule has 146 valence electrons. The molecule has 1 saturated carbocycles. The van der Waals surface area contributed by atoms with Crippen LogP contribution in [0.4, 0.5) is 0 Å². The van der Waals surface area contributed by atoms with Crippen molar-refractivity contribution in [2.24, 2.45) is 0 Å². The minimum absolute atomic E-state index is 0.0228. The first-order valence-corrected chi connectivity index (χ1v) is 10.0. The van der Waals surface area contributed by atoms with E-state index in [2.05, 4.69) is 11.9 Å². The lowest BCUT2D eigenvalue weighted by Crippen LogP contribution is -2.56. The van der Waals surface area contributed by atoms with E-state index in [1.807, 2.05) is 30.3 Å². The molecule has 0 spiro atoms. The Morgan fingerprint density at radius 1 is 1.11 bits per heavy atom. The van der Waals surface area contributed by atoms with Crippen molar-refractivity contribution in [3.63, 3.8) is 0 Å². The number of rotatable bonds is 4. The van der Waals surface area contributed by atoms with Crippen LogP contribution in [0.5, 0.6) is 0 Å². The number of aliphatic hydroxyl groups is 1. The van der Waals surface area contributed by atoms with E-state index < -0.39 is 11.5 Å². The maximum Gasteiger partial charge on any atom is 0.245 e. The van der Waals surface area contributed by atoms with Gasteiger partial charge in [-0.25, -0.2) is 0 Å². The van der Waals surface area contributed by atoms with Crippen molar-refractivity contribution in [3.8, 4) is 0 Å². The number of hydrogen-bond acceptors (Lipinski definition) is 3. The third-order valence-corrected chi connectivity index (χ3v) is 6.16. The lowest BCUT2D eigenvalue weighted by molar-refractivity contribution is -0.134. The van der Waals surface area contributed by atoms with Crippen LogP contribution >= 0.6 is 0 Å². The van der Waals surface area contributed by atoms with Gasteiger partial charge in [0.2, 0.25) is 11.8 Å². The van der Waals surface area contributed by atoms with Crippen LogP contribution in [0.25, 0.3) is 0 Å². The van der Waals surface area contributed by atoms with E-state index in [-0.39, 0.29) is 17.9 Å². The maximum atomic E-state index is 13.4. The SMILES string of the molecule is C=CC(=O)N1CCC(C(=O)N[C@@H]2CCCCC[C@H]2O)(c2ccccc2)CC1. The normalized spacial score (nSPS) is 25.3. The first kappa shape index (κ1) is 19.6. The predicted molar refractivity (Wildman–Crippen MR) is 105 cm³/mol. The zero-order valence-corrected chi connectivity index (χ0v) is 15.9. The van der Waals surface area contributed by atoms with Crippen molar-refractivity contribution in [1.82, 2.24) is 10.2 Å². The summed E-state index contributed by atoms with van der Waals surface area (Å²) in [6, 6.07) is 9.65. The van der Waals surface area contributed by atoms with E-state index >= 15 is 0 Å². The summed E-state index contributed by atoms with van der Waals surface area (Å²) in [5.74, 6) is -0.110. The highest BCUT2D eigenvalue weighted by Crippen LogP contribution is 2.36. The van der Waals surface area contributed by atoms with Gasteiger partial charge in [-0.1, -0.05) is 56.2 Å². The average Bonchev–Trinajstić information content (AvgIpc) is 2.92. The topological polar surface area (TPSA) is 69.6 Å². The van der Waals surface area contributed by atoms with Crippen LogP contribution in [0.2, 0.25) is 0 Å². The Labute approximate surface area is 161 Å². The summed E-state index contributed by atoms with van der Waals surface area (Å²) < 4.78 is 0. The number of benzene rings is 1. The highest BCUT2D eigenvalue weighted by molar-refractivity contribution is 5.90. The Hall–Kier alpha value is -2.14. The molecule has 1 aliphatic heterocycles. The van der Waals surface area contributed by atoms with E-state index in [0.29, 0.717) is 25.9 Å². The van der Waals surface area contributed by atoms with Gasteiger partial charge in [0.15, 0.2) is 0 Å². The molecule has 3 rings (SSSR count). The highest BCUT2D eigenvalue weighted by Gasteiger charge is 2.44. The largest absolute Gasteiger partial charge is 0.391 e. The smallest absolute Gasteiger partial charge is 0.245 e. The summed E-state index contributed by atoms with van der Waals surface area (Å²) in [5, 5.41) is 13.6. The van der Waals surface area contributed by atoms with Gasteiger partial charge in [0.05, 0.1) is 17.6 Å². The molecule has 0 radical (unpaired) electrons. The first-order chi connectivity index (χ1) is 13.1. The molecule has 1 aliphatic carbocycles. The fourth-order valence-corrected chi connectivity index (χ4v) is 4.40. The molecular formula is C22H30N2O3. The third-order valence-electron chi connectivity index (χ3n) is 6.16.